The molecule has 0 radical (unpaired) electrons. The molecule has 1 N–H and O–H groups in total. The number of urea groups is 1. The Bertz CT molecular complexity index is 566. The first kappa shape index (κ1) is 16.5. The van der Waals surface area contributed by atoms with Crippen molar-refractivity contribution in [3.63, 3.8) is 0 Å². The monoisotopic (exact) mass is 341 g/mol. The zero-order chi connectivity index (χ0) is 16.2. The Balaban J connectivity index is 1.49. The number of rotatable bonds is 3. The maximum Gasteiger partial charge on any atom is 0.317 e. The average molecular weight is 342 g/mol. The molecule has 2 amide bonds. The summed E-state index contributed by atoms with van der Waals surface area (Å²) in [6.07, 6.45) is 0.975. The third-order valence-electron chi connectivity index (χ3n) is 4.46. The van der Waals surface area contributed by atoms with E-state index in [1.54, 1.807) is 17.0 Å². The van der Waals surface area contributed by atoms with Gasteiger partial charge in [0.1, 0.15) is 5.82 Å². The predicted molar refractivity (Wildman–Crippen MR) is 86.0 cm³/mol. The highest BCUT2D eigenvalue weighted by atomic mass is 35.5. The summed E-state index contributed by atoms with van der Waals surface area (Å²) in [5.41, 5.74) is 0.437. The lowest BCUT2D eigenvalue weighted by Gasteiger charge is -2.32. The van der Waals surface area contributed by atoms with E-state index in [4.69, 9.17) is 16.3 Å². The van der Waals surface area contributed by atoms with Gasteiger partial charge in [-0.05, 0) is 18.6 Å². The third-order valence-corrected chi connectivity index (χ3v) is 4.69. The molecule has 0 aliphatic carbocycles. The fourth-order valence-electron chi connectivity index (χ4n) is 3.11. The van der Waals surface area contributed by atoms with Crippen LogP contribution in [0.4, 0.5) is 9.18 Å². The summed E-state index contributed by atoms with van der Waals surface area (Å²) in [5.74, 6) is -0.398. The van der Waals surface area contributed by atoms with Crippen LogP contribution in [0.3, 0.4) is 0 Å². The highest BCUT2D eigenvalue weighted by Gasteiger charge is 2.31. The van der Waals surface area contributed by atoms with Gasteiger partial charge < -0.3 is 15.0 Å². The predicted octanol–water partition coefficient (Wildman–Crippen LogP) is 2.10. The molecular weight excluding hydrogens is 321 g/mol. The lowest BCUT2D eigenvalue weighted by Crippen LogP contribution is -2.46. The molecule has 0 saturated carbocycles. The maximum absolute atomic E-state index is 13.7. The molecule has 2 aliphatic rings. The first-order valence-electron chi connectivity index (χ1n) is 7.92. The van der Waals surface area contributed by atoms with Gasteiger partial charge in [0.05, 0.1) is 13.2 Å². The van der Waals surface area contributed by atoms with E-state index in [1.807, 2.05) is 0 Å². The van der Waals surface area contributed by atoms with E-state index in [9.17, 15) is 9.18 Å². The number of nitrogens with one attached hydrogen (secondary N) is 1. The molecule has 2 fully saturated rings. The van der Waals surface area contributed by atoms with Crippen LogP contribution < -0.4 is 5.32 Å². The van der Waals surface area contributed by atoms with Gasteiger partial charge in [0, 0.05) is 49.4 Å². The lowest BCUT2D eigenvalue weighted by molar-refractivity contribution is 0.0191. The molecule has 2 heterocycles. The van der Waals surface area contributed by atoms with Crippen LogP contribution in [-0.4, -0.2) is 61.3 Å². The first-order chi connectivity index (χ1) is 11.1. The van der Waals surface area contributed by atoms with Gasteiger partial charge in [-0.1, -0.05) is 17.7 Å². The van der Waals surface area contributed by atoms with Gasteiger partial charge >= 0.3 is 6.03 Å². The fourth-order valence-corrected chi connectivity index (χ4v) is 3.27. The van der Waals surface area contributed by atoms with Crippen molar-refractivity contribution in [2.45, 2.75) is 19.0 Å². The van der Waals surface area contributed by atoms with Gasteiger partial charge in [0.15, 0.2) is 0 Å². The Morgan fingerprint density at radius 3 is 2.87 bits per heavy atom. The number of carbonyl (C=O) groups is 1. The Kier molecular flexibility index (Phi) is 5.35. The van der Waals surface area contributed by atoms with Crippen molar-refractivity contribution < 1.29 is 13.9 Å². The Morgan fingerprint density at radius 2 is 2.13 bits per heavy atom. The Morgan fingerprint density at radius 1 is 1.35 bits per heavy atom. The van der Waals surface area contributed by atoms with E-state index in [-0.39, 0.29) is 12.6 Å². The van der Waals surface area contributed by atoms with Crippen LogP contribution in [0.25, 0.3) is 0 Å². The third kappa shape index (κ3) is 4.13. The summed E-state index contributed by atoms with van der Waals surface area (Å²) in [6, 6.07) is 4.73. The largest absolute Gasteiger partial charge is 0.379 e. The van der Waals surface area contributed by atoms with Crippen molar-refractivity contribution in [3.8, 4) is 0 Å². The molecular formula is C16H21ClFN3O2. The number of benzene rings is 1. The molecule has 126 valence electrons. The van der Waals surface area contributed by atoms with E-state index < -0.39 is 5.82 Å². The number of carbonyl (C=O) groups excluding carboxylic acids is 1. The minimum Gasteiger partial charge on any atom is -0.379 e. The summed E-state index contributed by atoms with van der Waals surface area (Å²) in [4.78, 5) is 16.4. The molecule has 2 aliphatic heterocycles. The molecule has 1 aromatic carbocycles. The smallest absolute Gasteiger partial charge is 0.317 e. The zero-order valence-corrected chi connectivity index (χ0v) is 13.7. The SMILES string of the molecule is O=C(NCc1ccc(Cl)cc1F)N1CC[C@@H](N2CCOCC2)C1. The van der Waals surface area contributed by atoms with E-state index in [0.29, 0.717) is 16.6 Å². The number of likely N-dealkylation sites (tertiary alicyclic amines) is 1. The molecule has 1 atom stereocenters. The summed E-state index contributed by atoms with van der Waals surface area (Å²) in [6.45, 7) is 5.00. The highest BCUT2D eigenvalue weighted by Crippen LogP contribution is 2.18. The van der Waals surface area contributed by atoms with Gasteiger partial charge in [-0.25, -0.2) is 9.18 Å². The molecule has 23 heavy (non-hydrogen) atoms. The van der Waals surface area contributed by atoms with Crippen molar-refractivity contribution in [2.75, 3.05) is 39.4 Å². The van der Waals surface area contributed by atoms with Crippen molar-refractivity contribution in [1.29, 1.82) is 0 Å². The van der Waals surface area contributed by atoms with Crippen LogP contribution >= 0.6 is 11.6 Å². The van der Waals surface area contributed by atoms with Crippen molar-refractivity contribution in [3.05, 3.63) is 34.6 Å². The average Bonchev–Trinajstić information content (AvgIpc) is 3.05. The van der Waals surface area contributed by atoms with Gasteiger partial charge in [-0.2, -0.15) is 0 Å². The number of morpholine rings is 1. The Hall–Kier alpha value is -1.37. The van der Waals surface area contributed by atoms with Crippen LogP contribution in [0.2, 0.25) is 5.02 Å². The Labute approximate surface area is 140 Å². The fraction of sp³-hybridized carbons (Fsp3) is 0.562. The minimum atomic E-state index is -0.398. The number of ether oxygens (including phenoxy) is 1. The van der Waals surface area contributed by atoms with Crippen LogP contribution in [0.15, 0.2) is 18.2 Å². The number of nitrogens with zero attached hydrogens (tertiary/aromatic N) is 2. The van der Waals surface area contributed by atoms with E-state index >= 15 is 0 Å². The molecule has 1 aromatic rings. The van der Waals surface area contributed by atoms with Gasteiger partial charge in [-0.15, -0.1) is 0 Å². The topological polar surface area (TPSA) is 44.8 Å². The molecule has 0 spiro atoms. The minimum absolute atomic E-state index is 0.143. The number of amides is 2. The van der Waals surface area contributed by atoms with Crippen LogP contribution in [0, 0.1) is 5.82 Å². The van der Waals surface area contributed by atoms with Gasteiger partial charge in [0.2, 0.25) is 0 Å². The highest BCUT2D eigenvalue weighted by molar-refractivity contribution is 6.30. The number of hydrogen-bond acceptors (Lipinski definition) is 3. The number of hydrogen-bond donors (Lipinski definition) is 1. The van der Waals surface area contributed by atoms with Gasteiger partial charge in [-0.3, -0.25) is 4.90 Å². The maximum atomic E-state index is 13.7. The quantitative estimate of drug-likeness (QED) is 0.915. The second kappa shape index (κ2) is 7.47. The molecule has 2 saturated heterocycles. The standard InChI is InChI=1S/C16H21ClFN3O2/c17-13-2-1-12(15(18)9-13)10-19-16(22)21-4-3-14(11-21)20-5-7-23-8-6-20/h1-2,9,14H,3-8,10-11H2,(H,19,22)/t14-/m1/s1. The molecule has 7 heteroatoms. The van der Waals surface area contributed by atoms with Gasteiger partial charge in [0.25, 0.3) is 0 Å². The lowest BCUT2D eigenvalue weighted by atomic mass is 10.2. The summed E-state index contributed by atoms with van der Waals surface area (Å²) in [7, 11) is 0. The molecule has 0 unspecified atom stereocenters. The summed E-state index contributed by atoms with van der Waals surface area (Å²) in [5, 5.41) is 3.14. The van der Waals surface area contributed by atoms with Crippen molar-refractivity contribution in [1.82, 2.24) is 15.1 Å². The molecule has 5 nitrogen and oxygen atoms in total. The van der Waals surface area contributed by atoms with Crippen LogP contribution in [0.5, 0.6) is 0 Å². The molecule has 0 aromatic heterocycles. The van der Waals surface area contributed by atoms with E-state index in [1.165, 1.54) is 6.07 Å². The summed E-state index contributed by atoms with van der Waals surface area (Å²) < 4.78 is 19.1. The van der Waals surface area contributed by atoms with E-state index in [0.717, 1.165) is 45.8 Å². The van der Waals surface area contributed by atoms with Crippen LogP contribution in [0.1, 0.15) is 12.0 Å². The van der Waals surface area contributed by atoms with E-state index in [2.05, 4.69) is 10.2 Å². The number of halogens is 2. The second-order valence-electron chi connectivity index (χ2n) is 5.93. The zero-order valence-electron chi connectivity index (χ0n) is 12.9. The molecule has 0 bridgehead atoms. The summed E-state index contributed by atoms with van der Waals surface area (Å²) >= 11 is 5.72. The molecule has 3 rings (SSSR count). The van der Waals surface area contributed by atoms with Crippen molar-refractivity contribution >= 4 is 17.6 Å². The normalized spacial score (nSPS) is 22.3. The van der Waals surface area contributed by atoms with Crippen molar-refractivity contribution in [2.24, 2.45) is 0 Å². The first-order valence-corrected chi connectivity index (χ1v) is 8.30. The van der Waals surface area contributed by atoms with Crippen LogP contribution in [-0.2, 0) is 11.3 Å². The second-order valence-corrected chi connectivity index (χ2v) is 6.37.